The maximum absolute atomic E-state index is 6.13. The zero-order chi connectivity index (χ0) is 13.5. The molecule has 2 aliphatic carbocycles. The molecule has 0 bridgehead atoms. The average Bonchev–Trinajstić information content (AvgIpc) is 2.44. The molecule has 0 aliphatic heterocycles. The van der Waals surface area contributed by atoms with Gasteiger partial charge in [0.15, 0.2) is 0 Å². The highest BCUT2D eigenvalue weighted by Crippen LogP contribution is 2.30. The van der Waals surface area contributed by atoms with E-state index in [0.29, 0.717) is 12.1 Å². The van der Waals surface area contributed by atoms with Crippen LogP contribution in [0.5, 0.6) is 0 Å². The predicted molar refractivity (Wildman–Crippen MR) is 78.4 cm³/mol. The van der Waals surface area contributed by atoms with Crippen LogP contribution in [0.3, 0.4) is 0 Å². The summed E-state index contributed by atoms with van der Waals surface area (Å²) >= 11 is 0. The Morgan fingerprint density at radius 3 is 2.53 bits per heavy atom. The molecule has 2 aliphatic rings. The second-order valence-corrected chi connectivity index (χ2v) is 6.09. The van der Waals surface area contributed by atoms with Crippen LogP contribution in [0.4, 0.5) is 0 Å². The molecule has 3 unspecified atom stereocenters. The van der Waals surface area contributed by atoms with Gasteiger partial charge in [-0.15, -0.1) is 0 Å². The third-order valence-electron chi connectivity index (χ3n) is 4.54. The van der Waals surface area contributed by atoms with Crippen molar-refractivity contribution < 1.29 is 9.47 Å². The fourth-order valence-corrected chi connectivity index (χ4v) is 3.30. The fraction of sp³-hybridized carbons (Fsp3) is 1.00. The molecule has 2 saturated carbocycles. The van der Waals surface area contributed by atoms with Crippen molar-refractivity contribution in [2.45, 2.75) is 77.0 Å². The van der Waals surface area contributed by atoms with Crippen LogP contribution in [-0.4, -0.2) is 38.0 Å². The van der Waals surface area contributed by atoms with E-state index < -0.39 is 0 Å². The van der Waals surface area contributed by atoms with Gasteiger partial charge in [-0.25, -0.2) is 0 Å². The SMILES string of the molecule is CCCNC1CC(OCC2CCCCC2)C1OCC. The van der Waals surface area contributed by atoms with Crippen molar-refractivity contribution in [3.05, 3.63) is 0 Å². The van der Waals surface area contributed by atoms with Gasteiger partial charge in [0.25, 0.3) is 0 Å². The van der Waals surface area contributed by atoms with Gasteiger partial charge in [-0.2, -0.15) is 0 Å². The van der Waals surface area contributed by atoms with E-state index >= 15 is 0 Å². The van der Waals surface area contributed by atoms with E-state index in [1.54, 1.807) is 0 Å². The van der Waals surface area contributed by atoms with E-state index in [0.717, 1.165) is 32.1 Å². The van der Waals surface area contributed by atoms with Gasteiger partial charge in [0.05, 0.1) is 12.2 Å². The van der Waals surface area contributed by atoms with Crippen molar-refractivity contribution in [1.82, 2.24) is 5.32 Å². The Hall–Kier alpha value is -0.120. The second kappa shape index (κ2) is 8.23. The Labute approximate surface area is 118 Å². The highest BCUT2D eigenvalue weighted by Gasteiger charge is 2.42. The monoisotopic (exact) mass is 269 g/mol. The normalized spacial score (nSPS) is 32.2. The molecule has 2 rings (SSSR count). The molecule has 0 radical (unpaired) electrons. The molecule has 19 heavy (non-hydrogen) atoms. The summed E-state index contributed by atoms with van der Waals surface area (Å²) in [5, 5.41) is 3.57. The maximum atomic E-state index is 6.13. The minimum absolute atomic E-state index is 0.278. The summed E-state index contributed by atoms with van der Waals surface area (Å²) in [6.07, 6.45) is 9.86. The third kappa shape index (κ3) is 4.44. The molecule has 0 saturated heterocycles. The molecule has 0 aromatic carbocycles. The number of nitrogens with one attached hydrogen (secondary N) is 1. The van der Waals surface area contributed by atoms with Crippen molar-refractivity contribution in [2.24, 2.45) is 5.92 Å². The smallest absolute Gasteiger partial charge is 0.0990 e. The second-order valence-electron chi connectivity index (χ2n) is 6.09. The molecule has 1 N–H and O–H groups in total. The largest absolute Gasteiger partial charge is 0.375 e. The Morgan fingerprint density at radius 2 is 1.84 bits per heavy atom. The van der Waals surface area contributed by atoms with Crippen molar-refractivity contribution in [3.8, 4) is 0 Å². The number of hydrogen-bond acceptors (Lipinski definition) is 3. The molecular weight excluding hydrogens is 238 g/mol. The minimum atomic E-state index is 0.278. The molecule has 0 spiro atoms. The summed E-state index contributed by atoms with van der Waals surface area (Å²) in [6, 6.07) is 0.510. The van der Waals surface area contributed by atoms with Gasteiger partial charge in [0, 0.05) is 19.3 Å². The molecule has 0 amide bonds. The van der Waals surface area contributed by atoms with Gasteiger partial charge < -0.3 is 14.8 Å². The summed E-state index contributed by atoms with van der Waals surface area (Å²) in [5.41, 5.74) is 0. The Kier molecular flexibility index (Phi) is 6.62. The van der Waals surface area contributed by atoms with Crippen LogP contribution < -0.4 is 5.32 Å². The first kappa shape index (κ1) is 15.3. The Balaban J connectivity index is 1.67. The van der Waals surface area contributed by atoms with E-state index in [4.69, 9.17) is 9.47 Å². The van der Waals surface area contributed by atoms with Crippen LogP contribution in [0.1, 0.15) is 58.8 Å². The van der Waals surface area contributed by atoms with Gasteiger partial charge in [-0.1, -0.05) is 26.2 Å². The van der Waals surface area contributed by atoms with Gasteiger partial charge in [0.1, 0.15) is 0 Å². The molecule has 3 nitrogen and oxygen atoms in total. The molecule has 2 fully saturated rings. The van der Waals surface area contributed by atoms with Crippen molar-refractivity contribution in [2.75, 3.05) is 19.8 Å². The summed E-state index contributed by atoms with van der Waals surface area (Å²) in [4.78, 5) is 0. The van der Waals surface area contributed by atoms with Gasteiger partial charge in [-0.3, -0.25) is 0 Å². The summed E-state index contributed by atoms with van der Waals surface area (Å²) in [7, 11) is 0. The average molecular weight is 269 g/mol. The lowest BCUT2D eigenvalue weighted by atomic mass is 9.84. The van der Waals surface area contributed by atoms with E-state index in [-0.39, 0.29) is 6.10 Å². The van der Waals surface area contributed by atoms with E-state index in [9.17, 15) is 0 Å². The zero-order valence-electron chi connectivity index (χ0n) is 12.7. The minimum Gasteiger partial charge on any atom is -0.375 e. The molecular formula is C16H31NO2. The maximum Gasteiger partial charge on any atom is 0.0990 e. The zero-order valence-corrected chi connectivity index (χ0v) is 12.7. The molecule has 3 atom stereocenters. The molecule has 0 heterocycles. The first-order chi connectivity index (χ1) is 9.35. The summed E-state index contributed by atoms with van der Waals surface area (Å²) < 4.78 is 12.0. The first-order valence-electron chi connectivity index (χ1n) is 8.31. The quantitative estimate of drug-likeness (QED) is 0.734. The number of ether oxygens (including phenoxy) is 2. The standard InChI is InChI=1S/C16H31NO2/c1-3-10-17-14-11-15(16(14)18-4-2)19-12-13-8-6-5-7-9-13/h13-17H,3-12H2,1-2H3. The highest BCUT2D eigenvalue weighted by molar-refractivity contribution is 4.97. The van der Waals surface area contributed by atoms with Crippen LogP contribution >= 0.6 is 0 Å². The molecule has 0 aromatic heterocycles. The number of rotatable bonds is 8. The lowest BCUT2D eigenvalue weighted by Crippen LogP contribution is -2.60. The van der Waals surface area contributed by atoms with Crippen LogP contribution in [0.15, 0.2) is 0 Å². The highest BCUT2D eigenvalue weighted by atomic mass is 16.5. The van der Waals surface area contributed by atoms with E-state index in [2.05, 4.69) is 19.2 Å². The van der Waals surface area contributed by atoms with Crippen LogP contribution in [-0.2, 0) is 9.47 Å². The van der Waals surface area contributed by atoms with Crippen LogP contribution in [0, 0.1) is 5.92 Å². The number of hydrogen-bond donors (Lipinski definition) is 1. The lowest BCUT2D eigenvalue weighted by molar-refractivity contribution is -0.151. The van der Waals surface area contributed by atoms with Crippen LogP contribution in [0.2, 0.25) is 0 Å². The topological polar surface area (TPSA) is 30.5 Å². The molecule has 112 valence electrons. The lowest BCUT2D eigenvalue weighted by Gasteiger charge is -2.44. The molecule has 0 aromatic rings. The van der Waals surface area contributed by atoms with Gasteiger partial charge >= 0.3 is 0 Å². The van der Waals surface area contributed by atoms with Gasteiger partial charge in [0.2, 0.25) is 0 Å². The molecule has 3 heteroatoms. The fourth-order valence-electron chi connectivity index (χ4n) is 3.30. The van der Waals surface area contributed by atoms with Crippen molar-refractivity contribution in [1.29, 1.82) is 0 Å². The van der Waals surface area contributed by atoms with Crippen molar-refractivity contribution in [3.63, 3.8) is 0 Å². The predicted octanol–water partition coefficient (Wildman–Crippen LogP) is 3.13. The van der Waals surface area contributed by atoms with E-state index in [1.165, 1.54) is 38.5 Å². The summed E-state index contributed by atoms with van der Waals surface area (Å²) in [5.74, 6) is 0.804. The van der Waals surface area contributed by atoms with Crippen LogP contribution in [0.25, 0.3) is 0 Å². The Morgan fingerprint density at radius 1 is 1.05 bits per heavy atom. The van der Waals surface area contributed by atoms with Gasteiger partial charge in [-0.05, 0) is 45.1 Å². The third-order valence-corrected chi connectivity index (χ3v) is 4.54. The Bertz CT molecular complexity index is 241. The van der Waals surface area contributed by atoms with E-state index in [1.807, 2.05) is 0 Å². The summed E-state index contributed by atoms with van der Waals surface area (Å²) in [6.45, 7) is 7.11. The first-order valence-corrected chi connectivity index (χ1v) is 8.31. The van der Waals surface area contributed by atoms with Crippen molar-refractivity contribution >= 4 is 0 Å².